The van der Waals surface area contributed by atoms with Crippen LogP contribution in [0.15, 0.2) is 12.1 Å². The number of benzene rings is 1. The highest BCUT2D eigenvalue weighted by Crippen LogP contribution is 2.32. The van der Waals surface area contributed by atoms with Crippen LogP contribution < -0.4 is 5.32 Å². The standard InChI is InChI=1S/C8H5Cl3INO/c9-4-1-6(11)7(2-5(4)10)13-8(14)3-12/h1-2H,3H2,(H,13,14). The Kier molecular flexibility index (Phi) is 4.76. The van der Waals surface area contributed by atoms with Gasteiger partial charge in [0.15, 0.2) is 0 Å². The summed E-state index contributed by atoms with van der Waals surface area (Å²) in [5, 5.41) is 3.71. The Labute approximate surface area is 110 Å². The van der Waals surface area contributed by atoms with Crippen molar-refractivity contribution in [3.63, 3.8) is 0 Å². The SMILES string of the molecule is O=C(CI)Nc1cc(Cl)c(Cl)cc1Cl. The van der Waals surface area contributed by atoms with Crippen LogP contribution in [0.25, 0.3) is 0 Å². The lowest BCUT2D eigenvalue weighted by Crippen LogP contribution is -2.12. The molecular weight excluding hydrogens is 359 g/mol. The molecule has 0 aliphatic rings. The van der Waals surface area contributed by atoms with E-state index in [0.29, 0.717) is 25.2 Å². The van der Waals surface area contributed by atoms with Gasteiger partial charge < -0.3 is 5.32 Å². The minimum absolute atomic E-state index is 0.133. The molecule has 1 aromatic rings. The topological polar surface area (TPSA) is 29.1 Å². The molecule has 0 saturated carbocycles. The van der Waals surface area contributed by atoms with Gasteiger partial charge in [0, 0.05) is 0 Å². The summed E-state index contributed by atoms with van der Waals surface area (Å²) in [6, 6.07) is 3.02. The lowest BCUT2D eigenvalue weighted by molar-refractivity contribution is -0.113. The number of carbonyl (C=O) groups excluding carboxylic acids is 1. The highest BCUT2D eigenvalue weighted by molar-refractivity contribution is 14.1. The Morgan fingerprint density at radius 3 is 2.36 bits per heavy atom. The monoisotopic (exact) mass is 363 g/mol. The summed E-state index contributed by atoms with van der Waals surface area (Å²) in [5.74, 6) is -0.133. The molecule has 14 heavy (non-hydrogen) atoms. The third-order valence-corrected chi connectivity index (χ3v) is 3.13. The number of hydrogen-bond donors (Lipinski definition) is 1. The maximum absolute atomic E-state index is 11.1. The fourth-order valence-electron chi connectivity index (χ4n) is 0.802. The third-order valence-electron chi connectivity index (χ3n) is 1.41. The summed E-state index contributed by atoms with van der Waals surface area (Å²) in [7, 11) is 0. The molecule has 0 fully saturated rings. The first kappa shape index (κ1) is 12.4. The van der Waals surface area contributed by atoms with Crippen LogP contribution in [0.1, 0.15) is 0 Å². The van der Waals surface area contributed by atoms with Crippen molar-refractivity contribution >= 4 is 69.0 Å². The molecule has 1 N–H and O–H groups in total. The number of amides is 1. The largest absolute Gasteiger partial charge is 0.324 e. The summed E-state index contributed by atoms with van der Waals surface area (Å²) in [4.78, 5) is 11.1. The summed E-state index contributed by atoms with van der Waals surface area (Å²) >= 11 is 19.3. The van der Waals surface area contributed by atoms with Gasteiger partial charge in [-0.15, -0.1) is 0 Å². The smallest absolute Gasteiger partial charge is 0.234 e. The molecule has 6 heteroatoms. The maximum Gasteiger partial charge on any atom is 0.234 e. The second kappa shape index (κ2) is 5.39. The first-order chi connectivity index (χ1) is 6.54. The number of rotatable bonds is 2. The Morgan fingerprint density at radius 2 is 1.79 bits per heavy atom. The van der Waals surface area contributed by atoms with Crippen LogP contribution in [0.5, 0.6) is 0 Å². The summed E-state index contributed by atoms with van der Waals surface area (Å²) in [5.41, 5.74) is 0.475. The predicted molar refractivity (Wildman–Crippen MR) is 69.0 cm³/mol. The Bertz CT molecular complexity index is 370. The van der Waals surface area contributed by atoms with Crippen molar-refractivity contribution in [2.45, 2.75) is 0 Å². The zero-order valence-corrected chi connectivity index (χ0v) is 11.2. The fraction of sp³-hybridized carbons (Fsp3) is 0.125. The number of hydrogen-bond acceptors (Lipinski definition) is 1. The molecule has 0 heterocycles. The second-order valence-electron chi connectivity index (χ2n) is 2.43. The van der Waals surface area contributed by atoms with Crippen molar-refractivity contribution in [1.29, 1.82) is 0 Å². The number of halogens is 4. The molecule has 1 aromatic carbocycles. The van der Waals surface area contributed by atoms with E-state index in [2.05, 4.69) is 5.32 Å². The van der Waals surface area contributed by atoms with Gasteiger partial charge in [-0.25, -0.2) is 0 Å². The Hall–Kier alpha value is 0.290. The van der Waals surface area contributed by atoms with E-state index >= 15 is 0 Å². The van der Waals surface area contributed by atoms with E-state index < -0.39 is 0 Å². The second-order valence-corrected chi connectivity index (χ2v) is 4.41. The van der Waals surface area contributed by atoms with Crippen molar-refractivity contribution in [2.75, 3.05) is 9.74 Å². The summed E-state index contributed by atoms with van der Waals surface area (Å²) in [6.45, 7) is 0. The van der Waals surface area contributed by atoms with Crippen LogP contribution in [-0.2, 0) is 4.79 Å². The molecule has 1 rings (SSSR count). The molecule has 76 valence electrons. The van der Waals surface area contributed by atoms with Crippen molar-refractivity contribution in [3.05, 3.63) is 27.2 Å². The number of nitrogens with one attached hydrogen (secondary N) is 1. The summed E-state index contributed by atoms with van der Waals surface area (Å²) in [6.07, 6.45) is 0. The van der Waals surface area contributed by atoms with Crippen molar-refractivity contribution in [3.8, 4) is 0 Å². The van der Waals surface area contributed by atoms with Crippen LogP contribution in [0.4, 0.5) is 5.69 Å². The van der Waals surface area contributed by atoms with Gasteiger partial charge in [0.2, 0.25) is 5.91 Å². The zero-order chi connectivity index (χ0) is 10.7. The van der Waals surface area contributed by atoms with E-state index in [1.807, 2.05) is 22.6 Å². The van der Waals surface area contributed by atoms with Crippen LogP contribution in [-0.4, -0.2) is 10.3 Å². The van der Waals surface area contributed by atoms with Gasteiger partial charge in [-0.3, -0.25) is 4.79 Å². The van der Waals surface area contributed by atoms with E-state index in [1.54, 1.807) is 0 Å². The minimum Gasteiger partial charge on any atom is -0.324 e. The normalized spacial score (nSPS) is 10.0. The molecule has 1 amide bonds. The number of anilines is 1. The molecule has 0 atom stereocenters. The van der Waals surface area contributed by atoms with E-state index in [-0.39, 0.29) is 5.91 Å². The molecule has 0 saturated heterocycles. The van der Waals surface area contributed by atoms with Crippen LogP contribution in [0.2, 0.25) is 15.1 Å². The molecule has 0 aliphatic heterocycles. The van der Waals surface area contributed by atoms with Crippen LogP contribution in [0, 0.1) is 0 Å². The van der Waals surface area contributed by atoms with Gasteiger partial charge in [-0.05, 0) is 12.1 Å². The third kappa shape index (κ3) is 3.15. The fourth-order valence-corrected chi connectivity index (χ4v) is 1.59. The van der Waals surface area contributed by atoms with Gasteiger partial charge in [0.25, 0.3) is 0 Å². The Morgan fingerprint density at radius 1 is 1.21 bits per heavy atom. The van der Waals surface area contributed by atoms with Crippen LogP contribution >= 0.6 is 57.4 Å². The van der Waals surface area contributed by atoms with Gasteiger partial charge in [0.1, 0.15) is 0 Å². The lowest BCUT2D eigenvalue weighted by Gasteiger charge is -2.06. The molecule has 0 aromatic heterocycles. The van der Waals surface area contributed by atoms with Crippen molar-refractivity contribution < 1.29 is 4.79 Å². The summed E-state index contributed by atoms with van der Waals surface area (Å²) < 4.78 is 0.355. The lowest BCUT2D eigenvalue weighted by atomic mass is 10.3. The van der Waals surface area contributed by atoms with E-state index in [0.717, 1.165) is 0 Å². The van der Waals surface area contributed by atoms with Gasteiger partial charge in [0.05, 0.1) is 25.2 Å². The molecule has 0 aliphatic carbocycles. The van der Waals surface area contributed by atoms with Gasteiger partial charge in [-0.2, -0.15) is 0 Å². The molecule has 0 spiro atoms. The molecule has 0 bridgehead atoms. The first-order valence-corrected chi connectivity index (χ1v) is 6.21. The average molecular weight is 364 g/mol. The molecule has 0 unspecified atom stereocenters. The predicted octanol–water partition coefficient (Wildman–Crippen LogP) is 4.02. The van der Waals surface area contributed by atoms with Crippen molar-refractivity contribution in [2.24, 2.45) is 0 Å². The highest BCUT2D eigenvalue weighted by Gasteiger charge is 2.07. The molecule has 2 nitrogen and oxygen atoms in total. The number of carbonyl (C=O) groups is 1. The van der Waals surface area contributed by atoms with Gasteiger partial charge >= 0.3 is 0 Å². The molecule has 0 radical (unpaired) electrons. The first-order valence-electron chi connectivity index (χ1n) is 3.55. The maximum atomic E-state index is 11.1. The average Bonchev–Trinajstić information content (AvgIpc) is 2.14. The number of alkyl halides is 1. The van der Waals surface area contributed by atoms with E-state index in [4.69, 9.17) is 34.8 Å². The van der Waals surface area contributed by atoms with E-state index in [1.165, 1.54) is 12.1 Å². The molecular formula is C8H5Cl3INO. The zero-order valence-electron chi connectivity index (χ0n) is 6.78. The highest BCUT2D eigenvalue weighted by atomic mass is 127. The van der Waals surface area contributed by atoms with Crippen LogP contribution in [0.3, 0.4) is 0 Å². The van der Waals surface area contributed by atoms with Gasteiger partial charge in [-0.1, -0.05) is 57.4 Å². The van der Waals surface area contributed by atoms with Crippen molar-refractivity contribution in [1.82, 2.24) is 0 Å². The Balaban J connectivity index is 2.98. The quantitative estimate of drug-likeness (QED) is 0.479. The van der Waals surface area contributed by atoms with E-state index in [9.17, 15) is 4.79 Å². The minimum atomic E-state index is -0.133.